The maximum Gasteiger partial charge on any atom is 0.305 e. The van der Waals surface area contributed by atoms with Gasteiger partial charge in [-0.2, -0.15) is 8.42 Å². The van der Waals surface area contributed by atoms with E-state index < -0.39 is 28.8 Å². The summed E-state index contributed by atoms with van der Waals surface area (Å²) < 4.78 is 48.1. The number of ether oxygens (including phenoxy) is 1. The predicted octanol–water partition coefficient (Wildman–Crippen LogP) is 1.84. The summed E-state index contributed by atoms with van der Waals surface area (Å²) in [6.07, 6.45) is -0.699. The van der Waals surface area contributed by atoms with Gasteiger partial charge in [0.05, 0.1) is 33.0 Å². The molecule has 3 atom stereocenters. The molecule has 1 aromatic carbocycles. The number of benzene rings is 1. The van der Waals surface area contributed by atoms with Crippen LogP contribution in [0.5, 0.6) is 0 Å². The molecular weight excluding hydrogens is 344 g/mol. The van der Waals surface area contributed by atoms with Crippen LogP contribution in [0.15, 0.2) is 30.3 Å². The van der Waals surface area contributed by atoms with Crippen LogP contribution in [0.2, 0.25) is 0 Å². The molecule has 23 heavy (non-hydrogen) atoms. The van der Waals surface area contributed by atoms with Crippen molar-refractivity contribution in [3.8, 4) is 0 Å². The molecule has 0 aromatic heterocycles. The van der Waals surface area contributed by atoms with E-state index >= 15 is 0 Å². The lowest BCUT2D eigenvalue weighted by Gasteiger charge is -2.16. The topological polar surface area (TPSA) is 80.3 Å². The molecule has 0 spiro atoms. The maximum absolute atomic E-state index is 11.5. The van der Waals surface area contributed by atoms with E-state index in [0.717, 1.165) is 5.56 Å². The van der Waals surface area contributed by atoms with Crippen LogP contribution in [0.4, 0.5) is 0 Å². The zero-order valence-electron chi connectivity index (χ0n) is 13.2. The van der Waals surface area contributed by atoms with Gasteiger partial charge in [0.1, 0.15) is 6.10 Å². The summed E-state index contributed by atoms with van der Waals surface area (Å²) >= 11 is -3.79. The minimum absolute atomic E-state index is 0.0970. The molecule has 0 fully saturated rings. The highest BCUT2D eigenvalue weighted by Crippen LogP contribution is 2.06. The summed E-state index contributed by atoms with van der Waals surface area (Å²) in [5.41, 5.74) is 0.996. The molecule has 0 heterocycles. The minimum atomic E-state index is -1.92. The monoisotopic (exact) mass is 366 g/mol. The van der Waals surface area contributed by atoms with Gasteiger partial charge in [0.25, 0.3) is 0 Å². The number of rotatable bonds is 13. The van der Waals surface area contributed by atoms with Gasteiger partial charge in [-0.15, -0.1) is 0 Å². The van der Waals surface area contributed by atoms with Crippen LogP contribution in [0.3, 0.4) is 0 Å². The zero-order chi connectivity index (χ0) is 16.9. The molecule has 0 amide bonds. The van der Waals surface area contributed by atoms with Gasteiger partial charge in [-0.25, -0.2) is 0 Å². The normalized spacial score (nSPS) is 15.2. The van der Waals surface area contributed by atoms with Gasteiger partial charge in [0.2, 0.25) is 0 Å². The summed E-state index contributed by atoms with van der Waals surface area (Å²) in [6, 6.07) is 9.58. The molecule has 0 aliphatic heterocycles. The highest BCUT2D eigenvalue weighted by atomic mass is 32.2. The first-order chi connectivity index (χ1) is 11.2. The second kappa shape index (κ2) is 12.7. The van der Waals surface area contributed by atoms with Crippen molar-refractivity contribution < 1.29 is 29.9 Å². The maximum atomic E-state index is 11.5. The van der Waals surface area contributed by atoms with Crippen LogP contribution in [-0.4, -0.2) is 40.9 Å². The van der Waals surface area contributed by atoms with Gasteiger partial charge in [-0.3, -0.25) is 16.7 Å². The summed E-state index contributed by atoms with van der Waals surface area (Å²) in [5.74, 6) is 0. The van der Waals surface area contributed by atoms with Crippen molar-refractivity contribution in [1.82, 2.24) is 0 Å². The summed E-state index contributed by atoms with van der Waals surface area (Å²) in [4.78, 5) is 0. The summed E-state index contributed by atoms with van der Waals surface area (Å²) in [5, 5.41) is 0. The average molecular weight is 366 g/mol. The Kier molecular flexibility index (Phi) is 11.3. The zero-order valence-corrected chi connectivity index (χ0v) is 14.8. The molecule has 1 rings (SSSR count). The molecule has 1 aromatic rings. The molecule has 9 heteroatoms. The molecule has 132 valence electrons. The fourth-order valence-corrected chi connectivity index (χ4v) is 2.59. The molecule has 7 nitrogen and oxygen atoms in total. The molecule has 0 aliphatic rings. The first-order valence-electron chi connectivity index (χ1n) is 7.17. The molecular formula is C14H22O7S2. The van der Waals surface area contributed by atoms with E-state index in [1.165, 1.54) is 0 Å². The first kappa shape index (κ1) is 20.4. The Bertz CT molecular complexity index is 469. The largest absolute Gasteiger partial charge is 0.374 e. The van der Waals surface area contributed by atoms with Crippen molar-refractivity contribution in [2.75, 3.05) is 26.4 Å². The Labute approximate surface area is 142 Å². The molecule has 3 unspecified atom stereocenters. The van der Waals surface area contributed by atoms with Gasteiger partial charge in [-0.05, 0) is 19.4 Å². The molecule has 0 radical (unpaired) electrons. The Hall–Kier alpha value is -0.680. The Morgan fingerprint density at radius 2 is 1.57 bits per heavy atom. The van der Waals surface area contributed by atoms with Crippen molar-refractivity contribution in [2.24, 2.45) is 0 Å². The van der Waals surface area contributed by atoms with Crippen molar-refractivity contribution in [2.45, 2.75) is 26.6 Å². The van der Waals surface area contributed by atoms with Crippen molar-refractivity contribution in [3.63, 3.8) is 0 Å². The number of hydrogen-bond acceptors (Lipinski definition) is 7. The van der Waals surface area contributed by atoms with Gasteiger partial charge in [-0.1, -0.05) is 30.3 Å². The van der Waals surface area contributed by atoms with E-state index in [0.29, 0.717) is 6.61 Å². The average Bonchev–Trinajstić information content (AvgIpc) is 2.54. The Morgan fingerprint density at radius 1 is 0.913 bits per heavy atom. The highest BCUT2D eigenvalue weighted by Gasteiger charge is 2.17. The Morgan fingerprint density at radius 3 is 2.22 bits per heavy atom. The van der Waals surface area contributed by atoms with E-state index in [4.69, 9.17) is 21.5 Å². The molecule has 0 N–H and O–H groups in total. The smallest absolute Gasteiger partial charge is 0.305 e. The first-order valence-corrected chi connectivity index (χ1v) is 9.17. The fourth-order valence-electron chi connectivity index (χ4n) is 1.48. The summed E-state index contributed by atoms with van der Waals surface area (Å²) in [6.45, 7) is 4.28. The van der Waals surface area contributed by atoms with Crippen LogP contribution in [0.25, 0.3) is 0 Å². The van der Waals surface area contributed by atoms with Crippen LogP contribution >= 0.6 is 0 Å². The Balaban J connectivity index is 2.42. The van der Waals surface area contributed by atoms with Crippen molar-refractivity contribution in [3.05, 3.63) is 35.9 Å². The molecule has 0 saturated carbocycles. The second-order valence-electron chi connectivity index (χ2n) is 4.22. The van der Waals surface area contributed by atoms with Gasteiger partial charge in [0.15, 0.2) is 0 Å². The van der Waals surface area contributed by atoms with Gasteiger partial charge in [0, 0.05) is 0 Å². The molecule has 0 saturated heterocycles. The third-order valence-corrected chi connectivity index (χ3v) is 4.02. The minimum Gasteiger partial charge on any atom is -0.374 e. The van der Waals surface area contributed by atoms with Crippen molar-refractivity contribution in [1.29, 1.82) is 0 Å². The van der Waals surface area contributed by atoms with Gasteiger partial charge < -0.3 is 4.74 Å². The lowest BCUT2D eigenvalue weighted by molar-refractivity contribution is 0.0189. The number of hydrogen-bond donors (Lipinski definition) is 0. The van der Waals surface area contributed by atoms with Crippen LogP contribution in [0.1, 0.15) is 19.4 Å². The van der Waals surface area contributed by atoms with Crippen LogP contribution in [-0.2, 0) is 50.8 Å². The van der Waals surface area contributed by atoms with Crippen LogP contribution < -0.4 is 0 Å². The lowest BCUT2D eigenvalue weighted by atomic mass is 10.2. The fraction of sp³-hybridized carbons (Fsp3) is 0.571. The lowest BCUT2D eigenvalue weighted by Crippen LogP contribution is -2.28. The molecule has 0 bridgehead atoms. The quantitative estimate of drug-likeness (QED) is 0.527. The summed E-state index contributed by atoms with van der Waals surface area (Å²) in [7, 11) is 0. The molecule has 0 aliphatic carbocycles. The van der Waals surface area contributed by atoms with E-state index in [9.17, 15) is 8.42 Å². The van der Waals surface area contributed by atoms with E-state index in [1.807, 2.05) is 30.3 Å². The van der Waals surface area contributed by atoms with E-state index in [1.54, 1.807) is 13.8 Å². The second-order valence-corrected chi connectivity index (χ2v) is 5.94. The van der Waals surface area contributed by atoms with Crippen molar-refractivity contribution >= 4 is 22.7 Å². The highest BCUT2D eigenvalue weighted by molar-refractivity contribution is 7.75. The third-order valence-electron chi connectivity index (χ3n) is 2.41. The predicted molar refractivity (Wildman–Crippen MR) is 86.5 cm³/mol. The standard InChI is InChI=1S/C14H22O7S2/c1-3-18-22(15)20-12-14(21-23(16)19-4-2)11-17-10-13-8-6-5-7-9-13/h5-9,14H,3-4,10-12H2,1-2H3. The van der Waals surface area contributed by atoms with E-state index in [2.05, 4.69) is 0 Å². The SMILES string of the molecule is CCOS(=O)OCC(COCc1ccccc1)OS(=O)OCC. The van der Waals surface area contributed by atoms with E-state index in [-0.39, 0.29) is 26.4 Å². The third kappa shape index (κ3) is 9.92. The van der Waals surface area contributed by atoms with Crippen LogP contribution in [0, 0.1) is 0 Å². The van der Waals surface area contributed by atoms with Gasteiger partial charge >= 0.3 is 22.7 Å².